The summed E-state index contributed by atoms with van der Waals surface area (Å²) >= 11 is 0. The maximum absolute atomic E-state index is 7.00. The third-order valence-electron chi connectivity index (χ3n) is 16.5. The Balaban J connectivity index is 1.03. The van der Waals surface area contributed by atoms with E-state index < -0.39 is 5.41 Å². The first-order valence-corrected chi connectivity index (χ1v) is 26.0. The lowest BCUT2D eigenvalue weighted by atomic mass is 9.70. The lowest BCUT2D eigenvalue weighted by molar-refractivity contribution is 0.670. The van der Waals surface area contributed by atoms with Gasteiger partial charge in [0.2, 0.25) is 0 Å². The molecule has 0 N–H and O–H groups in total. The van der Waals surface area contributed by atoms with Gasteiger partial charge < -0.3 is 9.32 Å². The van der Waals surface area contributed by atoms with Gasteiger partial charge in [0.15, 0.2) is 0 Å². The molecule has 0 radical (unpaired) electrons. The Hall–Kier alpha value is -9.76. The molecule has 0 saturated heterocycles. The van der Waals surface area contributed by atoms with Crippen LogP contribution in [0.5, 0.6) is 0 Å². The van der Waals surface area contributed by atoms with Crippen LogP contribution >= 0.6 is 0 Å². The van der Waals surface area contributed by atoms with Crippen LogP contribution in [0.3, 0.4) is 0 Å². The zero-order valence-electron chi connectivity index (χ0n) is 40.8. The van der Waals surface area contributed by atoms with Gasteiger partial charge in [-0.15, -0.1) is 0 Å². The molecule has 1 heterocycles. The van der Waals surface area contributed by atoms with Crippen LogP contribution in [0.15, 0.2) is 277 Å². The van der Waals surface area contributed by atoms with E-state index in [9.17, 15) is 0 Å². The zero-order valence-corrected chi connectivity index (χ0v) is 40.8. The van der Waals surface area contributed by atoms with E-state index in [1.165, 1.54) is 93.5 Å². The van der Waals surface area contributed by atoms with Crippen molar-refractivity contribution in [2.24, 2.45) is 0 Å². The van der Waals surface area contributed by atoms with E-state index in [1.54, 1.807) is 0 Å². The SMILES string of the molecule is c1ccc(-c2ccccc2-c2ccc(N(c3ccc4c5ccccc5c5ccccc5c4c3)c3cc4c(cc3-c3cccc5c3oc3ccccc35)-c3ccccc3C43c4ccccc4-c4ccccc43)cc2)cc1. The van der Waals surface area contributed by atoms with Crippen LogP contribution in [0.1, 0.15) is 22.3 Å². The first-order valence-electron chi connectivity index (χ1n) is 26.0. The van der Waals surface area contributed by atoms with E-state index in [0.29, 0.717) is 0 Å². The molecule has 14 aromatic rings. The van der Waals surface area contributed by atoms with Crippen LogP contribution in [-0.2, 0) is 5.41 Å². The molecule has 2 nitrogen and oxygen atoms in total. The zero-order chi connectivity index (χ0) is 49.2. The van der Waals surface area contributed by atoms with Gasteiger partial charge in [0, 0.05) is 33.3 Å². The minimum atomic E-state index is -0.563. The molecular weight excluding hydrogens is 907 g/mol. The van der Waals surface area contributed by atoms with Gasteiger partial charge in [0.1, 0.15) is 11.2 Å². The Morgan fingerprint density at radius 3 is 1.33 bits per heavy atom. The molecule has 1 aromatic heterocycles. The highest BCUT2D eigenvalue weighted by Crippen LogP contribution is 2.64. The van der Waals surface area contributed by atoms with E-state index in [2.05, 4.69) is 278 Å². The molecule has 16 rings (SSSR count). The summed E-state index contributed by atoms with van der Waals surface area (Å²) in [4.78, 5) is 2.52. The van der Waals surface area contributed by atoms with E-state index >= 15 is 0 Å². The standard InChI is InChI=1S/C73H45NO/c1-2-19-46(20-3-1)50-21-4-5-22-51(50)47-37-39-48(40-38-47)74(49-41-42-56-54-25-7-6-23-52(54)53-24-8-9-26-55(53)63(56)43-49)70-45-69-64(44-65(70)62-32-18-31-61-60-30-13-17-36-71(60)75-72(61)62)59-29-12-16-35-68(59)73(69)66-33-14-10-27-57(66)58-28-11-15-34-67(58)73/h1-45H. The predicted molar refractivity (Wildman–Crippen MR) is 314 cm³/mol. The number of benzene rings is 13. The Bertz CT molecular complexity index is 4580. The summed E-state index contributed by atoms with van der Waals surface area (Å²) < 4.78 is 7.00. The van der Waals surface area contributed by atoms with Gasteiger partial charge in [0.25, 0.3) is 0 Å². The molecule has 2 heteroatoms. The summed E-state index contributed by atoms with van der Waals surface area (Å²) in [6, 6.07) is 101. The molecule has 0 amide bonds. The predicted octanol–water partition coefficient (Wildman–Crippen LogP) is 19.9. The van der Waals surface area contributed by atoms with E-state index in [1.807, 2.05) is 0 Å². The summed E-state index contributed by atoms with van der Waals surface area (Å²) in [5, 5.41) is 9.65. The quantitative estimate of drug-likeness (QED) is 0.154. The van der Waals surface area contributed by atoms with Crippen molar-refractivity contribution < 1.29 is 4.42 Å². The largest absolute Gasteiger partial charge is 0.455 e. The Morgan fingerprint density at radius 2 is 0.707 bits per heavy atom. The molecule has 0 saturated carbocycles. The van der Waals surface area contributed by atoms with E-state index in [4.69, 9.17) is 4.42 Å². The van der Waals surface area contributed by atoms with Crippen LogP contribution < -0.4 is 4.90 Å². The molecule has 1 spiro atoms. The summed E-state index contributed by atoms with van der Waals surface area (Å²) in [6.45, 7) is 0. The molecule has 13 aromatic carbocycles. The summed E-state index contributed by atoms with van der Waals surface area (Å²) in [6.07, 6.45) is 0. The van der Waals surface area contributed by atoms with Crippen molar-refractivity contribution in [2.75, 3.05) is 4.90 Å². The lowest BCUT2D eigenvalue weighted by Crippen LogP contribution is -2.26. The van der Waals surface area contributed by atoms with Gasteiger partial charge in [0.05, 0.1) is 11.1 Å². The molecular formula is C73H45NO. The number of hydrogen-bond donors (Lipinski definition) is 0. The fourth-order valence-electron chi connectivity index (χ4n) is 13.3. The number of furan rings is 1. The van der Waals surface area contributed by atoms with Crippen molar-refractivity contribution in [1.82, 2.24) is 0 Å². The Labute approximate surface area is 434 Å². The topological polar surface area (TPSA) is 16.4 Å². The second-order valence-electron chi connectivity index (χ2n) is 20.2. The van der Waals surface area contributed by atoms with Crippen molar-refractivity contribution in [3.05, 3.63) is 295 Å². The van der Waals surface area contributed by atoms with Crippen molar-refractivity contribution >= 4 is 71.3 Å². The summed E-state index contributed by atoms with van der Waals surface area (Å²) in [7, 11) is 0. The second kappa shape index (κ2) is 16.1. The molecule has 348 valence electrons. The van der Waals surface area contributed by atoms with Gasteiger partial charge in [-0.1, -0.05) is 231 Å². The highest BCUT2D eigenvalue weighted by Gasteiger charge is 2.52. The molecule has 0 fully saturated rings. The molecule has 2 aliphatic carbocycles. The first-order chi connectivity index (χ1) is 37.2. The molecule has 0 unspecified atom stereocenters. The van der Waals surface area contributed by atoms with Crippen molar-refractivity contribution in [1.29, 1.82) is 0 Å². The fraction of sp³-hybridized carbons (Fsp3) is 0.0137. The monoisotopic (exact) mass is 951 g/mol. The van der Waals surface area contributed by atoms with Gasteiger partial charge in [-0.05, 0) is 142 Å². The molecule has 75 heavy (non-hydrogen) atoms. The van der Waals surface area contributed by atoms with Crippen LogP contribution in [0.25, 0.3) is 110 Å². The van der Waals surface area contributed by atoms with E-state index in [0.717, 1.165) is 55.7 Å². The van der Waals surface area contributed by atoms with Crippen LogP contribution in [0, 0.1) is 0 Å². The van der Waals surface area contributed by atoms with Crippen LogP contribution in [-0.4, -0.2) is 0 Å². The number of hydrogen-bond acceptors (Lipinski definition) is 2. The van der Waals surface area contributed by atoms with Gasteiger partial charge in [-0.25, -0.2) is 0 Å². The highest BCUT2D eigenvalue weighted by atomic mass is 16.3. The molecule has 0 atom stereocenters. The number of rotatable bonds is 6. The molecule has 0 bridgehead atoms. The fourth-order valence-corrected chi connectivity index (χ4v) is 13.3. The normalized spacial score (nSPS) is 12.9. The smallest absolute Gasteiger partial charge is 0.143 e. The number of anilines is 3. The summed E-state index contributed by atoms with van der Waals surface area (Å²) in [5.74, 6) is 0. The minimum absolute atomic E-state index is 0.563. The maximum Gasteiger partial charge on any atom is 0.143 e. The highest BCUT2D eigenvalue weighted by molar-refractivity contribution is 6.26. The number of fused-ring (bicyclic) bond motifs is 19. The first kappa shape index (κ1) is 41.8. The van der Waals surface area contributed by atoms with Gasteiger partial charge in [-0.2, -0.15) is 0 Å². The average Bonchev–Trinajstić information content (AvgIpc) is 4.30. The maximum atomic E-state index is 7.00. The van der Waals surface area contributed by atoms with Gasteiger partial charge in [-0.3, -0.25) is 0 Å². The summed E-state index contributed by atoms with van der Waals surface area (Å²) in [5.41, 5.74) is 21.5. The van der Waals surface area contributed by atoms with Crippen molar-refractivity contribution in [3.8, 4) is 55.6 Å². The Kier molecular flexibility index (Phi) is 8.99. The van der Waals surface area contributed by atoms with Crippen LogP contribution in [0.2, 0.25) is 0 Å². The third kappa shape index (κ3) is 5.97. The van der Waals surface area contributed by atoms with Crippen molar-refractivity contribution in [3.63, 3.8) is 0 Å². The minimum Gasteiger partial charge on any atom is -0.455 e. The number of nitrogens with zero attached hydrogens (tertiary/aromatic N) is 1. The lowest BCUT2D eigenvalue weighted by Gasteiger charge is -2.33. The Morgan fingerprint density at radius 1 is 0.253 bits per heavy atom. The molecule has 2 aliphatic rings. The van der Waals surface area contributed by atoms with Gasteiger partial charge >= 0.3 is 0 Å². The number of para-hydroxylation sites is 2. The van der Waals surface area contributed by atoms with Crippen LogP contribution in [0.4, 0.5) is 17.1 Å². The third-order valence-corrected chi connectivity index (χ3v) is 16.5. The van der Waals surface area contributed by atoms with E-state index in [-0.39, 0.29) is 0 Å². The second-order valence-corrected chi connectivity index (χ2v) is 20.2. The van der Waals surface area contributed by atoms with Crippen molar-refractivity contribution in [2.45, 2.75) is 5.41 Å². The molecule has 0 aliphatic heterocycles. The average molecular weight is 952 g/mol.